The SMILES string of the molecule is Cc1ccc2c(c1)c1c(n2C)-c2ccccc2C1[Si](C)(CCCCCCOC(C)(C)C)C1c2cc(C(C)(C)C)ccc2-c2ccc(C(C)(C)C)cc21.[CH3-].[CH3-].[Cl][Zr+2][Cl]. The Morgan fingerprint density at radius 3 is 1.75 bits per heavy atom. The molecule has 6 heteroatoms. The summed E-state index contributed by atoms with van der Waals surface area (Å²) in [4.78, 5) is 0. The van der Waals surface area contributed by atoms with E-state index in [9.17, 15) is 0 Å². The second-order valence-corrected chi connectivity index (χ2v) is 28.0. The van der Waals surface area contributed by atoms with Crippen LogP contribution in [0.4, 0.5) is 0 Å². The third-order valence-corrected chi connectivity index (χ3v) is 17.7. The molecule has 2 atom stereocenters. The van der Waals surface area contributed by atoms with Crippen molar-refractivity contribution in [3.05, 3.63) is 133 Å². The summed E-state index contributed by atoms with van der Waals surface area (Å²) in [5.41, 5.74) is 18.7. The first-order valence-corrected chi connectivity index (χ1v) is 29.6. The van der Waals surface area contributed by atoms with E-state index in [2.05, 4.69) is 166 Å². The van der Waals surface area contributed by atoms with Crippen LogP contribution in [0.2, 0.25) is 12.6 Å². The van der Waals surface area contributed by atoms with Crippen LogP contribution in [0.25, 0.3) is 33.3 Å². The molecule has 0 saturated heterocycles. The number of hydrogen-bond donors (Lipinski definition) is 0. The first kappa shape index (κ1) is 47.7. The van der Waals surface area contributed by atoms with Crippen LogP contribution >= 0.6 is 17.0 Å². The van der Waals surface area contributed by atoms with Crippen LogP contribution in [0.15, 0.2) is 78.9 Å². The van der Waals surface area contributed by atoms with E-state index in [0.717, 1.165) is 13.0 Å². The fourth-order valence-electron chi connectivity index (χ4n) is 9.71. The van der Waals surface area contributed by atoms with Crippen molar-refractivity contribution in [1.82, 2.24) is 4.57 Å². The van der Waals surface area contributed by atoms with Crippen molar-refractivity contribution in [3.8, 4) is 22.4 Å². The summed E-state index contributed by atoms with van der Waals surface area (Å²) in [6, 6.07) is 33.0. The molecule has 2 aliphatic carbocycles. The predicted molar refractivity (Wildman–Crippen MR) is 251 cm³/mol. The zero-order valence-electron chi connectivity index (χ0n) is 37.5. The second-order valence-electron chi connectivity index (χ2n) is 19.6. The maximum atomic E-state index is 6.13. The van der Waals surface area contributed by atoms with Gasteiger partial charge in [0.25, 0.3) is 0 Å². The Morgan fingerprint density at radius 1 is 0.667 bits per heavy atom. The van der Waals surface area contributed by atoms with Gasteiger partial charge >= 0.3 is 37.9 Å². The van der Waals surface area contributed by atoms with Gasteiger partial charge in [0, 0.05) is 41.2 Å². The van der Waals surface area contributed by atoms with Gasteiger partial charge in [0.05, 0.1) is 19.4 Å². The molecule has 0 radical (unpaired) electrons. The molecule has 0 fully saturated rings. The first-order chi connectivity index (χ1) is 25.8. The number of aryl methyl sites for hydroxylation is 2. The van der Waals surface area contributed by atoms with Crippen molar-refractivity contribution in [3.63, 3.8) is 0 Å². The first-order valence-electron chi connectivity index (χ1n) is 20.4. The van der Waals surface area contributed by atoms with Gasteiger partial charge in [-0.3, -0.25) is 0 Å². The molecule has 2 unspecified atom stereocenters. The Kier molecular flexibility index (Phi) is 15.4. The van der Waals surface area contributed by atoms with Crippen LogP contribution < -0.4 is 0 Å². The molecule has 7 rings (SSSR count). The number of benzene rings is 4. The van der Waals surface area contributed by atoms with Crippen LogP contribution in [-0.4, -0.2) is 24.8 Å². The van der Waals surface area contributed by atoms with E-state index >= 15 is 0 Å². The van der Waals surface area contributed by atoms with Crippen molar-refractivity contribution < 1.29 is 25.6 Å². The Balaban J connectivity index is 0.00000140. The van der Waals surface area contributed by atoms with E-state index < -0.39 is 28.9 Å². The second kappa shape index (κ2) is 18.4. The molecule has 0 aliphatic heterocycles. The van der Waals surface area contributed by atoms with Gasteiger partial charge in [-0.05, 0) is 102 Å². The van der Waals surface area contributed by atoms with Crippen LogP contribution in [0.3, 0.4) is 0 Å². The zero-order valence-corrected chi connectivity index (χ0v) is 42.5. The number of hydrogen-bond acceptors (Lipinski definition) is 1. The molecule has 0 spiro atoms. The third-order valence-electron chi connectivity index (χ3n) is 12.4. The quantitative estimate of drug-likeness (QED) is 0.0817. The van der Waals surface area contributed by atoms with Gasteiger partial charge < -0.3 is 24.2 Å². The van der Waals surface area contributed by atoms with Crippen molar-refractivity contribution in [2.75, 3.05) is 6.61 Å². The predicted octanol–water partition coefficient (Wildman–Crippen LogP) is 15.8. The monoisotopic (exact) mass is 899 g/mol. The summed E-state index contributed by atoms with van der Waals surface area (Å²) < 4.78 is 8.64. The molecule has 0 saturated carbocycles. The van der Waals surface area contributed by atoms with E-state index in [0.29, 0.717) is 11.1 Å². The van der Waals surface area contributed by atoms with E-state index in [-0.39, 0.29) is 31.3 Å². The summed E-state index contributed by atoms with van der Waals surface area (Å²) in [6.45, 7) is 26.7. The van der Waals surface area contributed by atoms with Gasteiger partial charge in [0.15, 0.2) is 0 Å². The average molecular weight is 902 g/mol. The van der Waals surface area contributed by atoms with Gasteiger partial charge in [-0.25, -0.2) is 0 Å². The Hall–Kier alpha value is -1.94. The van der Waals surface area contributed by atoms with Crippen LogP contribution in [0, 0.1) is 21.8 Å². The summed E-state index contributed by atoms with van der Waals surface area (Å²) in [5.74, 6) is 0. The number of ether oxygens (including phenoxy) is 1. The summed E-state index contributed by atoms with van der Waals surface area (Å²) in [6.07, 6.45) is 4.87. The van der Waals surface area contributed by atoms with Gasteiger partial charge in [-0.2, -0.15) is 0 Å². The molecular weight excluding hydrogens is 833 g/mol. The number of nitrogens with zero attached hydrogens (tertiary/aromatic N) is 1. The summed E-state index contributed by atoms with van der Waals surface area (Å²) in [7, 11) is 9.86. The molecule has 5 aromatic rings. The average Bonchev–Trinajstić information content (AvgIpc) is 3.72. The van der Waals surface area contributed by atoms with Crippen LogP contribution in [0.5, 0.6) is 0 Å². The molecule has 0 amide bonds. The van der Waals surface area contributed by atoms with E-state index in [1.54, 1.807) is 22.3 Å². The number of fused-ring (bicyclic) bond motifs is 8. The molecule has 306 valence electrons. The summed E-state index contributed by atoms with van der Waals surface area (Å²) in [5, 5.41) is 1.46. The molecular formula is C51H69Cl2NOSiZr. The normalized spacial score (nSPS) is 15.6. The molecule has 1 heterocycles. The topological polar surface area (TPSA) is 14.2 Å². The van der Waals surface area contributed by atoms with Crippen molar-refractivity contribution in [2.45, 2.75) is 135 Å². The number of aromatic nitrogens is 1. The molecule has 4 aromatic carbocycles. The maximum absolute atomic E-state index is 6.13. The van der Waals surface area contributed by atoms with Crippen molar-refractivity contribution >= 4 is 36.0 Å². The molecule has 57 heavy (non-hydrogen) atoms. The minimum absolute atomic E-state index is 0. The standard InChI is InChI=1S/C49H63NOSi.2CH3.2ClH.Zr/c1-32-21-26-42-41(29-32)43-44(50(42)11)37-19-15-16-20-38(37)46(43)52(12,28-18-14-13-17-27-51-49(8,9)10)45-39-30-33(47(2,3)4)22-24-35(39)36-25-23-34(31-40(36)45)48(5,6)7;;;;;/h15-16,19-26,29-31,45-46H,13-14,17-18,27-28H2,1-12H3;2*1H3;2*1H;/q;2*-1;;;+4/p-2. The molecule has 0 bridgehead atoms. The number of halogens is 2. The van der Waals surface area contributed by atoms with E-state index in [1.807, 2.05) is 0 Å². The molecule has 2 aliphatic rings. The molecule has 0 N–H and O–H groups in total. The Morgan fingerprint density at radius 2 is 1.21 bits per heavy atom. The van der Waals surface area contributed by atoms with Gasteiger partial charge in [0.2, 0.25) is 0 Å². The van der Waals surface area contributed by atoms with Gasteiger partial charge in [0.1, 0.15) is 0 Å². The minimum atomic E-state index is -2.32. The Bertz CT molecular complexity index is 2100. The number of unbranched alkanes of at least 4 members (excludes halogenated alkanes) is 3. The van der Waals surface area contributed by atoms with Crippen molar-refractivity contribution in [1.29, 1.82) is 0 Å². The molecule has 2 nitrogen and oxygen atoms in total. The fraction of sp³-hybridized carbons (Fsp3) is 0.451. The summed E-state index contributed by atoms with van der Waals surface area (Å²) >= 11 is -0.826. The van der Waals surface area contributed by atoms with E-state index in [1.165, 1.54) is 75.3 Å². The number of rotatable bonds is 9. The van der Waals surface area contributed by atoms with Crippen molar-refractivity contribution in [2.24, 2.45) is 7.05 Å². The third kappa shape index (κ3) is 9.52. The fourth-order valence-corrected chi connectivity index (χ4v) is 15.4. The van der Waals surface area contributed by atoms with Crippen LogP contribution in [-0.2, 0) is 43.5 Å². The van der Waals surface area contributed by atoms with Gasteiger partial charge in [-0.15, -0.1) is 0 Å². The Labute approximate surface area is 367 Å². The zero-order chi connectivity index (χ0) is 40.1. The molecule has 1 aromatic heterocycles. The van der Waals surface area contributed by atoms with Crippen LogP contribution in [0.1, 0.15) is 138 Å². The van der Waals surface area contributed by atoms with E-state index in [4.69, 9.17) is 21.8 Å². The van der Waals surface area contributed by atoms with Gasteiger partial charge in [-0.1, -0.05) is 146 Å².